The van der Waals surface area contributed by atoms with Crippen LogP contribution in [0.15, 0.2) is 0 Å². The van der Waals surface area contributed by atoms with Crippen LogP contribution in [0.4, 0.5) is 0 Å². The van der Waals surface area contributed by atoms with Crippen LogP contribution in [-0.2, 0) is 9.59 Å². The van der Waals surface area contributed by atoms with E-state index < -0.39 is 0 Å². The zero-order valence-corrected chi connectivity index (χ0v) is 10.8. The number of hydrogen-bond donors (Lipinski definition) is 2. The van der Waals surface area contributed by atoms with Gasteiger partial charge in [-0.25, -0.2) is 0 Å². The molecule has 3 rings (SSSR count). The fourth-order valence-corrected chi connectivity index (χ4v) is 2.77. The molecule has 4 heteroatoms. The minimum absolute atomic E-state index is 0.162. The SMILES string of the molecule is O=C(N[C@H]1CCCC[C@H]1NC(=O)C1CC1)C1CC1. The summed E-state index contributed by atoms with van der Waals surface area (Å²) in [6.45, 7) is 0. The number of carbonyl (C=O) groups is 2. The maximum Gasteiger partial charge on any atom is 0.223 e. The van der Waals surface area contributed by atoms with E-state index in [0.717, 1.165) is 51.4 Å². The Morgan fingerprint density at radius 1 is 0.667 bits per heavy atom. The van der Waals surface area contributed by atoms with Crippen molar-refractivity contribution in [2.75, 3.05) is 0 Å². The first kappa shape index (κ1) is 12.0. The summed E-state index contributed by atoms with van der Waals surface area (Å²) in [5, 5.41) is 6.28. The predicted molar refractivity (Wildman–Crippen MR) is 67.8 cm³/mol. The molecule has 0 aromatic carbocycles. The number of carbonyl (C=O) groups excluding carboxylic acids is 2. The highest BCUT2D eigenvalue weighted by Gasteiger charge is 2.36. The summed E-state index contributed by atoms with van der Waals surface area (Å²) in [6.07, 6.45) is 8.49. The van der Waals surface area contributed by atoms with Gasteiger partial charge in [-0.2, -0.15) is 0 Å². The Labute approximate surface area is 108 Å². The van der Waals surface area contributed by atoms with Crippen molar-refractivity contribution >= 4 is 11.8 Å². The first-order valence-corrected chi connectivity index (χ1v) is 7.35. The van der Waals surface area contributed by atoms with Gasteiger partial charge in [0.05, 0.1) is 0 Å². The van der Waals surface area contributed by atoms with Crippen molar-refractivity contribution in [2.45, 2.75) is 63.5 Å². The minimum Gasteiger partial charge on any atom is -0.351 e. The first-order valence-electron chi connectivity index (χ1n) is 7.35. The van der Waals surface area contributed by atoms with Crippen LogP contribution >= 0.6 is 0 Å². The van der Waals surface area contributed by atoms with Gasteiger partial charge < -0.3 is 10.6 Å². The fraction of sp³-hybridized carbons (Fsp3) is 0.857. The maximum atomic E-state index is 11.8. The molecule has 3 fully saturated rings. The van der Waals surface area contributed by atoms with Gasteiger partial charge in [-0.05, 0) is 38.5 Å². The molecule has 0 unspecified atom stereocenters. The molecule has 0 bridgehead atoms. The second kappa shape index (κ2) is 4.90. The molecule has 18 heavy (non-hydrogen) atoms. The third kappa shape index (κ3) is 2.85. The molecule has 0 aliphatic heterocycles. The molecule has 3 aliphatic rings. The average molecular weight is 250 g/mol. The zero-order chi connectivity index (χ0) is 12.5. The van der Waals surface area contributed by atoms with E-state index in [1.54, 1.807) is 0 Å². The topological polar surface area (TPSA) is 58.2 Å². The van der Waals surface area contributed by atoms with Gasteiger partial charge in [0.2, 0.25) is 11.8 Å². The van der Waals surface area contributed by atoms with Crippen LogP contribution in [-0.4, -0.2) is 23.9 Å². The Bertz CT molecular complexity index is 314. The predicted octanol–water partition coefficient (Wildman–Crippen LogP) is 1.35. The summed E-state index contributed by atoms with van der Waals surface area (Å²) >= 11 is 0. The zero-order valence-electron chi connectivity index (χ0n) is 10.8. The fourth-order valence-electron chi connectivity index (χ4n) is 2.77. The highest BCUT2D eigenvalue weighted by molar-refractivity contribution is 5.82. The third-order valence-corrected chi connectivity index (χ3v) is 4.32. The van der Waals surface area contributed by atoms with Crippen LogP contribution in [0.2, 0.25) is 0 Å². The number of amides is 2. The van der Waals surface area contributed by atoms with Crippen LogP contribution in [0.3, 0.4) is 0 Å². The molecule has 2 atom stereocenters. The quantitative estimate of drug-likeness (QED) is 0.791. The number of nitrogens with one attached hydrogen (secondary N) is 2. The third-order valence-electron chi connectivity index (χ3n) is 4.32. The van der Waals surface area contributed by atoms with Crippen LogP contribution in [0, 0.1) is 11.8 Å². The molecule has 0 spiro atoms. The van der Waals surface area contributed by atoms with Crippen molar-refractivity contribution in [3.8, 4) is 0 Å². The van der Waals surface area contributed by atoms with Gasteiger partial charge in [0.25, 0.3) is 0 Å². The molecule has 0 saturated heterocycles. The molecule has 0 radical (unpaired) electrons. The van der Waals surface area contributed by atoms with E-state index in [1.165, 1.54) is 0 Å². The molecule has 3 aliphatic carbocycles. The van der Waals surface area contributed by atoms with Crippen molar-refractivity contribution in [2.24, 2.45) is 11.8 Å². The Morgan fingerprint density at radius 3 is 1.39 bits per heavy atom. The average Bonchev–Trinajstić information content (AvgIpc) is 3.22. The molecular weight excluding hydrogens is 228 g/mol. The van der Waals surface area contributed by atoms with Gasteiger partial charge in [0.1, 0.15) is 0 Å². The van der Waals surface area contributed by atoms with E-state index >= 15 is 0 Å². The molecule has 0 aromatic heterocycles. The highest BCUT2D eigenvalue weighted by Crippen LogP contribution is 2.31. The van der Waals surface area contributed by atoms with Gasteiger partial charge >= 0.3 is 0 Å². The molecule has 4 nitrogen and oxygen atoms in total. The summed E-state index contributed by atoms with van der Waals surface area (Å²) in [5.41, 5.74) is 0. The van der Waals surface area contributed by atoms with E-state index in [9.17, 15) is 9.59 Å². The molecule has 3 saturated carbocycles. The second-order valence-corrected chi connectivity index (χ2v) is 6.06. The lowest BCUT2D eigenvalue weighted by Gasteiger charge is -2.33. The Kier molecular flexibility index (Phi) is 3.27. The van der Waals surface area contributed by atoms with Crippen molar-refractivity contribution in [3.63, 3.8) is 0 Å². The van der Waals surface area contributed by atoms with Crippen LogP contribution in [0.5, 0.6) is 0 Å². The van der Waals surface area contributed by atoms with E-state index in [4.69, 9.17) is 0 Å². The Hall–Kier alpha value is -1.06. The maximum absolute atomic E-state index is 11.8. The van der Waals surface area contributed by atoms with Gasteiger partial charge in [-0.15, -0.1) is 0 Å². The van der Waals surface area contributed by atoms with Crippen molar-refractivity contribution in [1.82, 2.24) is 10.6 Å². The molecule has 100 valence electrons. The van der Waals surface area contributed by atoms with Crippen LogP contribution in [0.25, 0.3) is 0 Å². The standard InChI is InChI=1S/C14H22N2O2/c17-13(9-5-6-9)15-11-3-1-2-4-12(11)16-14(18)10-7-8-10/h9-12H,1-8H2,(H,15,17)(H,16,18)/t11-,12+. The van der Waals surface area contributed by atoms with Crippen molar-refractivity contribution in [1.29, 1.82) is 0 Å². The summed E-state index contributed by atoms with van der Waals surface area (Å²) in [5.74, 6) is 0.915. The molecule has 2 N–H and O–H groups in total. The Morgan fingerprint density at radius 2 is 1.06 bits per heavy atom. The van der Waals surface area contributed by atoms with Gasteiger partial charge in [-0.1, -0.05) is 12.8 Å². The van der Waals surface area contributed by atoms with Crippen LogP contribution in [0.1, 0.15) is 51.4 Å². The second-order valence-electron chi connectivity index (χ2n) is 6.06. The Balaban J connectivity index is 1.54. The van der Waals surface area contributed by atoms with Crippen LogP contribution < -0.4 is 10.6 Å². The lowest BCUT2D eigenvalue weighted by atomic mass is 9.90. The largest absolute Gasteiger partial charge is 0.351 e. The smallest absolute Gasteiger partial charge is 0.223 e. The number of rotatable bonds is 4. The summed E-state index contributed by atoms with van der Waals surface area (Å²) in [7, 11) is 0. The summed E-state index contributed by atoms with van der Waals surface area (Å²) in [4.78, 5) is 23.7. The summed E-state index contributed by atoms with van der Waals surface area (Å²) in [6, 6.07) is 0.323. The normalized spacial score (nSPS) is 31.8. The van der Waals surface area contributed by atoms with Crippen molar-refractivity contribution in [3.05, 3.63) is 0 Å². The lowest BCUT2D eigenvalue weighted by molar-refractivity contribution is -0.126. The summed E-state index contributed by atoms with van der Waals surface area (Å²) < 4.78 is 0. The molecule has 0 aromatic rings. The number of hydrogen-bond acceptors (Lipinski definition) is 2. The molecule has 0 heterocycles. The van der Waals surface area contributed by atoms with Crippen molar-refractivity contribution < 1.29 is 9.59 Å². The molecular formula is C14H22N2O2. The molecule has 2 amide bonds. The minimum atomic E-state index is 0.162. The lowest BCUT2D eigenvalue weighted by Crippen LogP contribution is -2.53. The van der Waals surface area contributed by atoms with E-state index in [2.05, 4.69) is 10.6 Å². The van der Waals surface area contributed by atoms with E-state index in [-0.39, 0.29) is 35.7 Å². The van der Waals surface area contributed by atoms with Gasteiger partial charge in [-0.3, -0.25) is 9.59 Å². The highest BCUT2D eigenvalue weighted by atomic mass is 16.2. The van der Waals surface area contributed by atoms with E-state index in [1.807, 2.05) is 0 Å². The van der Waals surface area contributed by atoms with Gasteiger partial charge in [0.15, 0.2) is 0 Å². The first-order chi connectivity index (χ1) is 8.74. The van der Waals surface area contributed by atoms with Gasteiger partial charge in [0, 0.05) is 23.9 Å². The monoisotopic (exact) mass is 250 g/mol. The van der Waals surface area contributed by atoms with E-state index in [0.29, 0.717) is 0 Å².